The van der Waals surface area contributed by atoms with Crippen molar-refractivity contribution in [1.29, 1.82) is 0 Å². The largest absolute Gasteiger partial charge is 0.347 e. The van der Waals surface area contributed by atoms with Crippen molar-refractivity contribution in [3.63, 3.8) is 0 Å². The van der Waals surface area contributed by atoms with Gasteiger partial charge in [0.15, 0.2) is 5.79 Å². The van der Waals surface area contributed by atoms with E-state index < -0.39 is 0 Å². The van der Waals surface area contributed by atoms with Gasteiger partial charge < -0.3 is 9.47 Å². The van der Waals surface area contributed by atoms with Crippen molar-refractivity contribution < 1.29 is 14.3 Å². The lowest BCUT2D eigenvalue weighted by Gasteiger charge is -2.59. The molecule has 6 unspecified atom stereocenters. The molecule has 164 valence electrons. The number of ketones is 1. The van der Waals surface area contributed by atoms with Gasteiger partial charge in [0.05, 0.1) is 13.2 Å². The van der Waals surface area contributed by atoms with Gasteiger partial charge in [0.2, 0.25) is 0 Å². The molecule has 5 rings (SSSR count). The number of hydrogen-bond acceptors (Lipinski definition) is 4. The van der Waals surface area contributed by atoms with Crippen LogP contribution < -0.4 is 0 Å². The third kappa shape index (κ3) is 3.19. The summed E-state index contributed by atoms with van der Waals surface area (Å²) in [7, 11) is 0. The van der Waals surface area contributed by atoms with Gasteiger partial charge in [0.1, 0.15) is 5.78 Å². The summed E-state index contributed by atoms with van der Waals surface area (Å²) in [6, 6.07) is 0. The predicted octanol–water partition coefficient (Wildman–Crippen LogP) is 5.83. The van der Waals surface area contributed by atoms with Crippen LogP contribution in [0.3, 0.4) is 0 Å². The molecule has 0 aromatic heterocycles. The minimum atomic E-state index is -0.346. The maximum atomic E-state index is 12.3. The van der Waals surface area contributed by atoms with E-state index >= 15 is 0 Å². The van der Waals surface area contributed by atoms with E-state index in [4.69, 9.17) is 22.1 Å². The monoisotopic (exact) mass is 420 g/mol. The topological polar surface area (TPSA) is 35.5 Å². The second-order valence-corrected chi connectivity index (χ2v) is 10.5. The van der Waals surface area contributed by atoms with Gasteiger partial charge in [-0.25, -0.2) is 0 Å². The first-order valence-electron chi connectivity index (χ1n) is 12.0. The lowest BCUT2D eigenvalue weighted by atomic mass is 9.47. The Morgan fingerprint density at radius 2 is 1.83 bits per heavy atom. The maximum absolute atomic E-state index is 12.3. The summed E-state index contributed by atoms with van der Waals surface area (Å²) in [5.41, 5.74) is 2.02. The molecule has 3 nitrogen and oxygen atoms in total. The lowest BCUT2D eigenvalue weighted by Crippen LogP contribution is -2.54. The van der Waals surface area contributed by atoms with E-state index in [1.165, 1.54) is 25.7 Å². The normalized spacial score (nSPS) is 44.8. The highest BCUT2D eigenvalue weighted by atomic mass is 32.1. The zero-order valence-electron chi connectivity index (χ0n) is 18.8. The van der Waals surface area contributed by atoms with Gasteiger partial charge in [-0.15, -0.1) is 0 Å². The SMILES string of the molecule is CC.CC(=O)C1CCC2C3CC=C4CC5(CCC4(CS)C3CCC12C)OCCO5. The second kappa shape index (κ2) is 7.98. The highest BCUT2D eigenvalue weighted by Crippen LogP contribution is 2.67. The minimum Gasteiger partial charge on any atom is -0.347 e. The number of rotatable bonds is 2. The molecule has 4 fully saturated rings. The van der Waals surface area contributed by atoms with E-state index in [0.717, 1.165) is 56.5 Å². The molecule has 0 N–H and O–H groups in total. The number of ether oxygens (including phenoxy) is 2. The number of thiol groups is 1. The summed E-state index contributed by atoms with van der Waals surface area (Å²) in [6.45, 7) is 9.72. The van der Waals surface area contributed by atoms with Gasteiger partial charge in [0.25, 0.3) is 0 Å². The zero-order chi connectivity index (χ0) is 20.9. The van der Waals surface area contributed by atoms with Gasteiger partial charge >= 0.3 is 0 Å². The smallest absolute Gasteiger partial charge is 0.172 e. The molecule has 6 atom stereocenters. The molecule has 5 aliphatic rings. The third-order valence-electron chi connectivity index (χ3n) is 9.42. The first kappa shape index (κ1) is 21.9. The van der Waals surface area contributed by atoms with Crippen molar-refractivity contribution in [3.8, 4) is 0 Å². The Balaban J connectivity index is 0.000000994. The van der Waals surface area contributed by atoms with Gasteiger partial charge in [0, 0.05) is 24.2 Å². The van der Waals surface area contributed by atoms with Crippen molar-refractivity contribution in [2.24, 2.45) is 34.5 Å². The van der Waals surface area contributed by atoms with Crippen molar-refractivity contribution in [3.05, 3.63) is 11.6 Å². The van der Waals surface area contributed by atoms with Crippen molar-refractivity contribution in [2.45, 2.75) is 84.8 Å². The second-order valence-electron chi connectivity index (χ2n) is 10.2. The van der Waals surface area contributed by atoms with Gasteiger partial charge in [-0.05, 0) is 74.4 Å². The fourth-order valence-electron chi connectivity index (χ4n) is 8.12. The Kier molecular flexibility index (Phi) is 6.03. The lowest BCUT2D eigenvalue weighted by molar-refractivity contribution is -0.184. The van der Waals surface area contributed by atoms with Crippen LogP contribution in [-0.2, 0) is 14.3 Å². The molecule has 0 amide bonds. The Labute approximate surface area is 182 Å². The van der Waals surface area contributed by atoms with Crippen molar-refractivity contribution >= 4 is 18.4 Å². The number of carbonyl (C=O) groups excluding carboxylic acids is 1. The van der Waals surface area contributed by atoms with Gasteiger partial charge in [-0.2, -0.15) is 12.6 Å². The van der Waals surface area contributed by atoms with E-state index in [1.807, 2.05) is 20.8 Å². The summed E-state index contributed by atoms with van der Waals surface area (Å²) in [4.78, 5) is 12.3. The molecular formula is C25H40O3S. The zero-order valence-corrected chi connectivity index (χ0v) is 19.7. The van der Waals surface area contributed by atoms with Crippen LogP contribution in [0, 0.1) is 34.5 Å². The molecule has 1 aliphatic heterocycles. The number of carbonyl (C=O) groups is 1. The van der Waals surface area contributed by atoms with E-state index in [-0.39, 0.29) is 22.5 Å². The highest BCUT2D eigenvalue weighted by Gasteiger charge is 2.61. The fourth-order valence-corrected chi connectivity index (χ4v) is 8.71. The average Bonchev–Trinajstić information content (AvgIpc) is 3.33. The quantitative estimate of drug-likeness (QED) is 0.451. The van der Waals surface area contributed by atoms with E-state index in [1.54, 1.807) is 5.57 Å². The first-order chi connectivity index (χ1) is 13.9. The number of Topliss-reactive ketones (excluding diaryl/α,β-unsaturated/α-hetero) is 1. The summed E-state index contributed by atoms with van der Waals surface area (Å²) in [5, 5.41) is 0. The van der Waals surface area contributed by atoms with Crippen LogP contribution >= 0.6 is 12.6 Å². The van der Waals surface area contributed by atoms with Gasteiger partial charge in [-0.1, -0.05) is 32.4 Å². The molecule has 0 aromatic rings. The predicted molar refractivity (Wildman–Crippen MR) is 120 cm³/mol. The molecule has 1 saturated heterocycles. The first-order valence-corrected chi connectivity index (χ1v) is 12.7. The highest BCUT2D eigenvalue weighted by molar-refractivity contribution is 7.80. The van der Waals surface area contributed by atoms with Crippen LogP contribution in [0.15, 0.2) is 11.6 Å². The molecule has 0 bridgehead atoms. The molecule has 0 radical (unpaired) electrons. The van der Waals surface area contributed by atoms with Crippen LogP contribution in [-0.4, -0.2) is 30.5 Å². The maximum Gasteiger partial charge on any atom is 0.172 e. The van der Waals surface area contributed by atoms with Crippen LogP contribution in [0.4, 0.5) is 0 Å². The number of hydrogen-bond donors (Lipinski definition) is 1. The summed E-state index contributed by atoms with van der Waals surface area (Å²) >= 11 is 4.92. The number of fused-ring (bicyclic) bond motifs is 5. The molecule has 3 saturated carbocycles. The molecule has 0 aromatic carbocycles. The van der Waals surface area contributed by atoms with Crippen molar-refractivity contribution in [1.82, 2.24) is 0 Å². The van der Waals surface area contributed by atoms with Crippen molar-refractivity contribution in [2.75, 3.05) is 19.0 Å². The van der Waals surface area contributed by atoms with E-state index in [0.29, 0.717) is 11.7 Å². The molecule has 1 spiro atoms. The summed E-state index contributed by atoms with van der Waals surface area (Å²) < 4.78 is 12.1. The van der Waals surface area contributed by atoms with Crippen LogP contribution in [0.2, 0.25) is 0 Å². The summed E-state index contributed by atoms with van der Waals surface area (Å²) in [5.74, 6) is 3.45. The van der Waals surface area contributed by atoms with Crippen LogP contribution in [0.25, 0.3) is 0 Å². The molecule has 29 heavy (non-hydrogen) atoms. The molecule has 4 heteroatoms. The Bertz CT molecular complexity index is 667. The van der Waals surface area contributed by atoms with E-state index in [9.17, 15) is 4.79 Å². The Morgan fingerprint density at radius 1 is 1.10 bits per heavy atom. The molecule has 4 aliphatic carbocycles. The molecule has 1 heterocycles. The standard InChI is InChI=1S/C23H34O3S.C2H6/c1-15(24)18-5-6-19-17-4-3-16-13-23(25-11-12-26-23)10-9-22(16,14-27)20(17)7-8-21(18,19)2;1-2/h3,17-20,27H,4-14H2,1-2H3;1-2H3. The van der Waals surface area contributed by atoms with Crippen LogP contribution in [0.5, 0.6) is 0 Å². The van der Waals surface area contributed by atoms with Gasteiger partial charge in [-0.3, -0.25) is 4.79 Å². The fraction of sp³-hybridized carbons (Fsp3) is 0.880. The number of allylic oxidation sites excluding steroid dienone is 1. The van der Waals surface area contributed by atoms with Crippen LogP contribution in [0.1, 0.15) is 79.1 Å². The summed E-state index contributed by atoms with van der Waals surface area (Å²) in [6.07, 6.45) is 11.6. The third-order valence-corrected chi connectivity index (χ3v) is 9.99. The van der Waals surface area contributed by atoms with E-state index in [2.05, 4.69) is 13.0 Å². The molecular weight excluding hydrogens is 380 g/mol. The minimum absolute atomic E-state index is 0.224. The average molecular weight is 421 g/mol. The Hall–Kier alpha value is -0.320. The Morgan fingerprint density at radius 3 is 2.48 bits per heavy atom.